The zero-order valence-electron chi connectivity index (χ0n) is 14.7. The van der Waals surface area contributed by atoms with Gasteiger partial charge in [0.2, 0.25) is 0 Å². The molecule has 3 heteroatoms. The third-order valence-corrected chi connectivity index (χ3v) is 4.38. The van der Waals surface area contributed by atoms with Gasteiger partial charge in [0.15, 0.2) is 0 Å². The number of nitrogens with one attached hydrogen (secondary N) is 1. The summed E-state index contributed by atoms with van der Waals surface area (Å²) in [5.74, 6) is -0.714. The zero-order valence-corrected chi connectivity index (χ0v) is 14.7. The number of hydrogen-bond acceptors (Lipinski definition) is 2. The van der Waals surface area contributed by atoms with E-state index in [-0.39, 0.29) is 12.3 Å². The fourth-order valence-corrected chi connectivity index (χ4v) is 3.08. The molecule has 0 heterocycles. The van der Waals surface area contributed by atoms with Gasteiger partial charge >= 0.3 is 5.97 Å². The van der Waals surface area contributed by atoms with Crippen molar-refractivity contribution in [1.29, 1.82) is 0 Å². The van der Waals surface area contributed by atoms with Gasteiger partial charge in [-0.3, -0.25) is 4.79 Å². The number of rotatable bonds is 8. The Morgan fingerprint density at radius 1 is 1.00 bits per heavy atom. The Kier molecular flexibility index (Phi) is 6.56. The van der Waals surface area contributed by atoms with Crippen molar-refractivity contribution in [2.75, 3.05) is 0 Å². The van der Waals surface area contributed by atoms with Crippen LogP contribution < -0.4 is 5.32 Å². The molecule has 0 bridgehead atoms. The van der Waals surface area contributed by atoms with E-state index in [0.717, 1.165) is 12.0 Å². The minimum Gasteiger partial charge on any atom is -0.481 e. The number of carboxylic acids is 1. The topological polar surface area (TPSA) is 49.3 Å². The largest absolute Gasteiger partial charge is 0.481 e. The van der Waals surface area contributed by atoms with Crippen LogP contribution >= 0.6 is 0 Å². The van der Waals surface area contributed by atoms with Crippen molar-refractivity contribution in [3.63, 3.8) is 0 Å². The second-order valence-corrected chi connectivity index (χ2v) is 6.65. The van der Waals surface area contributed by atoms with Crippen molar-refractivity contribution < 1.29 is 9.90 Å². The van der Waals surface area contributed by atoms with Gasteiger partial charge in [-0.05, 0) is 42.9 Å². The Balaban J connectivity index is 1.96. The van der Waals surface area contributed by atoms with Crippen LogP contribution in [0.4, 0.5) is 0 Å². The normalized spacial score (nSPS) is 14.8. The van der Waals surface area contributed by atoms with Gasteiger partial charge in [-0.25, -0.2) is 0 Å². The van der Waals surface area contributed by atoms with Crippen molar-refractivity contribution in [3.8, 4) is 0 Å². The first-order valence-corrected chi connectivity index (χ1v) is 8.57. The highest BCUT2D eigenvalue weighted by molar-refractivity contribution is 5.67. The molecule has 0 fully saturated rings. The van der Waals surface area contributed by atoms with Gasteiger partial charge in [0.25, 0.3) is 0 Å². The van der Waals surface area contributed by atoms with E-state index in [4.69, 9.17) is 5.11 Å². The van der Waals surface area contributed by atoms with Gasteiger partial charge in [0.05, 0.1) is 6.42 Å². The summed E-state index contributed by atoms with van der Waals surface area (Å²) in [5.41, 5.74) is 3.62. The van der Waals surface area contributed by atoms with E-state index in [0.29, 0.717) is 12.1 Å². The molecule has 0 amide bonds. The lowest BCUT2D eigenvalue weighted by molar-refractivity contribution is -0.137. The van der Waals surface area contributed by atoms with Crippen LogP contribution in [0.15, 0.2) is 54.6 Å². The van der Waals surface area contributed by atoms with Crippen LogP contribution in [0.1, 0.15) is 55.8 Å². The molecule has 1 unspecified atom stereocenters. The number of hydrogen-bond donors (Lipinski definition) is 2. The fourth-order valence-electron chi connectivity index (χ4n) is 3.08. The molecule has 2 aromatic carbocycles. The third-order valence-electron chi connectivity index (χ3n) is 4.38. The van der Waals surface area contributed by atoms with E-state index in [9.17, 15) is 4.79 Å². The summed E-state index contributed by atoms with van der Waals surface area (Å²) in [7, 11) is 0. The van der Waals surface area contributed by atoms with Gasteiger partial charge in [-0.2, -0.15) is 0 Å². The van der Waals surface area contributed by atoms with E-state index in [1.54, 1.807) is 0 Å². The van der Waals surface area contributed by atoms with Crippen LogP contribution in [0, 0.1) is 0 Å². The lowest BCUT2D eigenvalue weighted by Gasteiger charge is -2.21. The maximum atomic E-state index is 10.9. The molecule has 0 saturated carbocycles. The van der Waals surface area contributed by atoms with Gasteiger partial charge in [0, 0.05) is 12.1 Å². The van der Waals surface area contributed by atoms with Crippen molar-refractivity contribution in [2.24, 2.45) is 0 Å². The summed E-state index contributed by atoms with van der Waals surface area (Å²) < 4.78 is 0. The number of carbonyl (C=O) groups is 1. The van der Waals surface area contributed by atoms with E-state index >= 15 is 0 Å². The molecule has 3 atom stereocenters. The average Bonchev–Trinajstić information content (AvgIpc) is 2.55. The van der Waals surface area contributed by atoms with Crippen molar-refractivity contribution in [3.05, 3.63) is 71.3 Å². The summed E-state index contributed by atoms with van der Waals surface area (Å²) in [6.07, 6.45) is 1.09. The molecule has 0 aromatic heterocycles. The molecule has 0 radical (unpaired) electrons. The molecule has 0 aliphatic heterocycles. The zero-order chi connectivity index (χ0) is 17.5. The predicted molar refractivity (Wildman–Crippen MR) is 98.3 cm³/mol. The van der Waals surface area contributed by atoms with Crippen LogP contribution in [0.25, 0.3) is 0 Å². The molecule has 0 aliphatic carbocycles. The highest BCUT2D eigenvalue weighted by Gasteiger charge is 2.13. The molecule has 2 N–H and O–H groups in total. The SMILES string of the molecule is CC(CC(=O)O)c1cccc(C[C@@H](C)N[C@H](C)c2ccccc2)c1. The van der Waals surface area contributed by atoms with Crippen LogP contribution in [-0.2, 0) is 11.2 Å². The summed E-state index contributed by atoms with van der Waals surface area (Å²) in [6.45, 7) is 6.33. The van der Waals surface area contributed by atoms with Gasteiger partial charge in [0.1, 0.15) is 0 Å². The fraction of sp³-hybridized carbons (Fsp3) is 0.381. The monoisotopic (exact) mass is 325 g/mol. The second-order valence-electron chi connectivity index (χ2n) is 6.65. The van der Waals surface area contributed by atoms with Crippen molar-refractivity contribution >= 4 is 5.97 Å². The molecular weight excluding hydrogens is 298 g/mol. The minimum atomic E-state index is -0.750. The molecule has 2 rings (SSSR count). The second kappa shape index (κ2) is 8.65. The molecule has 0 spiro atoms. The maximum Gasteiger partial charge on any atom is 0.303 e. The lowest BCUT2D eigenvalue weighted by Crippen LogP contribution is -2.30. The van der Waals surface area contributed by atoms with E-state index in [1.165, 1.54) is 11.1 Å². The molecule has 3 nitrogen and oxygen atoms in total. The highest BCUT2D eigenvalue weighted by atomic mass is 16.4. The summed E-state index contributed by atoms with van der Waals surface area (Å²) in [4.78, 5) is 10.9. The van der Waals surface area contributed by atoms with Crippen LogP contribution in [0.3, 0.4) is 0 Å². The predicted octanol–water partition coefficient (Wildman–Crippen LogP) is 4.55. The molecule has 128 valence electrons. The Bertz CT molecular complexity index is 654. The van der Waals surface area contributed by atoms with E-state index in [2.05, 4.69) is 55.6 Å². The van der Waals surface area contributed by atoms with Gasteiger partial charge in [-0.1, -0.05) is 61.5 Å². The molecular formula is C21H27NO2. The smallest absolute Gasteiger partial charge is 0.303 e. The Morgan fingerprint density at radius 2 is 1.67 bits per heavy atom. The number of benzene rings is 2. The van der Waals surface area contributed by atoms with Gasteiger partial charge in [-0.15, -0.1) is 0 Å². The lowest BCUT2D eigenvalue weighted by atomic mass is 9.94. The number of carboxylic acid groups (broad SMARTS) is 1. The molecule has 24 heavy (non-hydrogen) atoms. The summed E-state index contributed by atoms with van der Waals surface area (Å²) >= 11 is 0. The average molecular weight is 325 g/mol. The number of aliphatic carboxylic acids is 1. The Labute approximate surface area is 144 Å². The first-order chi connectivity index (χ1) is 11.5. The summed E-state index contributed by atoms with van der Waals surface area (Å²) in [5, 5.41) is 12.6. The molecule has 2 aromatic rings. The first kappa shape index (κ1) is 18.2. The van der Waals surface area contributed by atoms with Crippen LogP contribution in [0.2, 0.25) is 0 Å². The standard InChI is InChI=1S/C21H27NO2/c1-15(12-21(23)24)20-11-7-8-18(14-20)13-16(2)22-17(3)19-9-5-4-6-10-19/h4-11,14-17,22H,12-13H2,1-3H3,(H,23,24)/t15?,16-,17-/m1/s1. The molecule has 0 aliphatic rings. The van der Waals surface area contributed by atoms with Gasteiger partial charge < -0.3 is 10.4 Å². The highest BCUT2D eigenvalue weighted by Crippen LogP contribution is 2.21. The van der Waals surface area contributed by atoms with Crippen molar-refractivity contribution in [1.82, 2.24) is 5.32 Å². The minimum absolute atomic E-state index is 0.0361. The Hall–Kier alpha value is -2.13. The quantitative estimate of drug-likeness (QED) is 0.749. The summed E-state index contributed by atoms with van der Waals surface area (Å²) in [6, 6.07) is 19.4. The Morgan fingerprint density at radius 3 is 2.33 bits per heavy atom. The van der Waals surface area contributed by atoms with Crippen LogP contribution in [-0.4, -0.2) is 17.1 Å². The van der Waals surface area contributed by atoms with E-state index < -0.39 is 5.97 Å². The first-order valence-electron chi connectivity index (χ1n) is 8.57. The van der Waals surface area contributed by atoms with Crippen molar-refractivity contribution in [2.45, 2.75) is 51.6 Å². The molecule has 0 saturated heterocycles. The third kappa shape index (κ3) is 5.50. The maximum absolute atomic E-state index is 10.9. The van der Waals surface area contributed by atoms with E-state index in [1.807, 2.05) is 25.1 Å². The van der Waals surface area contributed by atoms with Crippen LogP contribution in [0.5, 0.6) is 0 Å².